The summed E-state index contributed by atoms with van der Waals surface area (Å²) in [6.07, 6.45) is 1.05. The summed E-state index contributed by atoms with van der Waals surface area (Å²) in [5, 5.41) is 5.15. The second-order valence-electron chi connectivity index (χ2n) is 5.14. The molecule has 5 nitrogen and oxygen atoms in total. The van der Waals surface area contributed by atoms with Gasteiger partial charge in [-0.05, 0) is 25.0 Å². The van der Waals surface area contributed by atoms with Crippen LogP contribution in [-0.4, -0.2) is 34.0 Å². The summed E-state index contributed by atoms with van der Waals surface area (Å²) in [5.74, 6) is -0.532. The molecular weight excluding hydrogens is 285 g/mol. The first-order valence-corrected chi connectivity index (χ1v) is 8.07. The van der Waals surface area contributed by atoms with Gasteiger partial charge in [-0.3, -0.25) is 0 Å². The number of benzene rings is 1. The Kier molecular flexibility index (Phi) is 4.62. The van der Waals surface area contributed by atoms with Crippen LogP contribution in [0.25, 0.3) is 0 Å². The van der Waals surface area contributed by atoms with E-state index in [2.05, 4.69) is 0 Å². The van der Waals surface area contributed by atoms with Gasteiger partial charge in [-0.25, -0.2) is 17.9 Å². The molecule has 1 fully saturated rings. The standard InChI is InChI=1S/C13H18FNO4S/c14-11-3-1-2-4-12(11)19-9-13(10-20(15,16)17)5-7-18-8-6-13/h1-4H,5-10H2,(H2,15,16,17). The molecule has 0 aromatic heterocycles. The van der Waals surface area contributed by atoms with Crippen LogP contribution < -0.4 is 9.88 Å². The van der Waals surface area contributed by atoms with Crippen molar-refractivity contribution in [2.45, 2.75) is 12.8 Å². The number of primary sulfonamides is 1. The average Bonchev–Trinajstić information content (AvgIpc) is 2.37. The van der Waals surface area contributed by atoms with E-state index < -0.39 is 21.3 Å². The number of halogens is 1. The van der Waals surface area contributed by atoms with Crippen LogP contribution in [-0.2, 0) is 14.8 Å². The zero-order valence-electron chi connectivity index (χ0n) is 11.0. The third kappa shape index (κ3) is 4.16. The van der Waals surface area contributed by atoms with Gasteiger partial charge in [0.1, 0.15) is 0 Å². The molecule has 1 saturated heterocycles. The first-order valence-electron chi connectivity index (χ1n) is 6.36. The van der Waals surface area contributed by atoms with Crippen LogP contribution in [0.5, 0.6) is 5.75 Å². The van der Waals surface area contributed by atoms with E-state index in [0.717, 1.165) is 0 Å². The number of hydrogen-bond donors (Lipinski definition) is 1. The van der Waals surface area contributed by atoms with E-state index in [9.17, 15) is 12.8 Å². The minimum absolute atomic E-state index is 0.105. The van der Waals surface area contributed by atoms with Crippen molar-refractivity contribution in [2.24, 2.45) is 10.6 Å². The second kappa shape index (κ2) is 6.07. The van der Waals surface area contributed by atoms with Crippen LogP contribution in [0.2, 0.25) is 0 Å². The third-order valence-electron chi connectivity index (χ3n) is 3.43. The molecule has 112 valence electrons. The minimum Gasteiger partial charge on any atom is -0.490 e. The molecule has 0 bridgehead atoms. The first-order chi connectivity index (χ1) is 9.40. The zero-order valence-corrected chi connectivity index (χ0v) is 11.9. The topological polar surface area (TPSA) is 78.6 Å². The summed E-state index contributed by atoms with van der Waals surface area (Å²) in [6.45, 7) is 1.01. The van der Waals surface area contributed by atoms with Crippen molar-refractivity contribution < 1.29 is 22.3 Å². The zero-order chi connectivity index (χ0) is 14.6. The largest absolute Gasteiger partial charge is 0.490 e. The van der Waals surface area contributed by atoms with E-state index in [1.807, 2.05) is 0 Å². The Balaban J connectivity index is 2.10. The van der Waals surface area contributed by atoms with Crippen LogP contribution in [0, 0.1) is 11.2 Å². The van der Waals surface area contributed by atoms with Gasteiger partial charge in [0, 0.05) is 18.6 Å². The fraction of sp³-hybridized carbons (Fsp3) is 0.538. The highest BCUT2D eigenvalue weighted by molar-refractivity contribution is 7.89. The third-order valence-corrected chi connectivity index (χ3v) is 4.45. The Labute approximate surface area is 117 Å². The molecule has 2 rings (SSSR count). The van der Waals surface area contributed by atoms with Crippen molar-refractivity contribution in [3.8, 4) is 5.75 Å². The van der Waals surface area contributed by atoms with Crippen LogP contribution in [0.3, 0.4) is 0 Å². The molecule has 0 spiro atoms. The lowest BCUT2D eigenvalue weighted by Gasteiger charge is -2.36. The fourth-order valence-electron chi connectivity index (χ4n) is 2.35. The molecule has 1 aromatic rings. The van der Waals surface area contributed by atoms with Gasteiger partial charge in [-0.2, -0.15) is 0 Å². The molecule has 0 unspecified atom stereocenters. The van der Waals surface area contributed by atoms with E-state index in [-0.39, 0.29) is 18.1 Å². The predicted octanol–water partition coefficient (Wildman–Crippen LogP) is 1.29. The van der Waals surface area contributed by atoms with Gasteiger partial charge < -0.3 is 9.47 Å². The fourth-order valence-corrected chi connectivity index (χ4v) is 3.58. The molecule has 1 aliphatic rings. The average molecular weight is 303 g/mol. The maximum atomic E-state index is 13.5. The first kappa shape index (κ1) is 15.2. The van der Waals surface area contributed by atoms with Gasteiger partial charge >= 0.3 is 0 Å². The van der Waals surface area contributed by atoms with Gasteiger partial charge in [0.2, 0.25) is 10.0 Å². The quantitative estimate of drug-likeness (QED) is 0.889. The molecule has 1 heterocycles. The highest BCUT2D eigenvalue weighted by Crippen LogP contribution is 2.33. The molecule has 20 heavy (non-hydrogen) atoms. The van der Waals surface area contributed by atoms with Gasteiger partial charge in [0.05, 0.1) is 12.4 Å². The summed E-state index contributed by atoms with van der Waals surface area (Å²) in [5.41, 5.74) is -0.617. The molecule has 0 amide bonds. The smallest absolute Gasteiger partial charge is 0.209 e. The summed E-state index contributed by atoms with van der Waals surface area (Å²) < 4.78 is 47.0. The van der Waals surface area contributed by atoms with Crippen molar-refractivity contribution in [1.82, 2.24) is 0 Å². The van der Waals surface area contributed by atoms with Crippen LogP contribution in [0.4, 0.5) is 4.39 Å². The molecule has 1 aromatic carbocycles. The van der Waals surface area contributed by atoms with Gasteiger partial charge in [-0.1, -0.05) is 12.1 Å². The Morgan fingerprint density at radius 3 is 2.55 bits per heavy atom. The number of ether oxygens (including phenoxy) is 2. The summed E-state index contributed by atoms with van der Waals surface area (Å²) in [7, 11) is -3.63. The highest BCUT2D eigenvalue weighted by atomic mass is 32.2. The van der Waals surface area contributed by atoms with Crippen LogP contribution >= 0.6 is 0 Å². The Hall–Kier alpha value is -1.18. The number of rotatable bonds is 5. The van der Waals surface area contributed by atoms with Crippen molar-refractivity contribution >= 4 is 10.0 Å². The minimum atomic E-state index is -3.63. The number of para-hydroxylation sites is 1. The second-order valence-corrected chi connectivity index (χ2v) is 6.75. The normalized spacial score (nSPS) is 18.7. The molecule has 2 N–H and O–H groups in total. The summed E-state index contributed by atoms with van der Waals surface area (Å²) in [4.78, 5) is 0. The van der Waals surface area contributed by atoms with Gasteiger partial charge in [-0.15, -0.1) is 0 Å². The van der Waals surface area contributed by atoms with E-state index in [1.165, 1.54) is 12.1 Å². The lowest BCUT2D eigenvalue weighted by molar-refractivity contribution is 0.00145. The Morgan fingerprint density at radius 2 is 1.95 bits per heavy atom. The molecule has 0 atom stereocenters. The van der Waals surface area contributed by atoms with Crippen LogP contribution in [0.15, 0.2) is 24.3 Å². The number of nitrogens with two attached hydrogens (primary N) is 1. The monoisotopic (exact) mass is 303 g/mol. The molecule has 7 heteroatoms. The Morgan fingerprint density at radius 1 is 1.30 bits per heavy atom. The summed E-state index contributed by atoms with van der Waals surface area (Å²) in [6, 6.07) is 6.04. The molecule has 0 aliphatic carbocycles. The van der Waals surface area contributed by atoms with Crippen LogP contribution in [0.1, 0.15) is 12.8 Å². The SMILES string of the molecule is NS(=O)(=O)CC1(COc2ccccc2F)CCOCC1. The lowest BCUT2D eigenvalue weighted by Crippen LogP contribution is -2.42. The molecule has 0 saturated carbocycles. The van der Waals surface area contributed by atoms with Gasteiger partial charge in [0.15, 0.2) is 11.6 Å². The van der Waals surface area contributed by atoms with E-state index in [0.29, 0.717) is 26.1 Å². The Bertz CT molecular complexity index is 555. The van der Waals surface area contributed by atoms with Crippen molar-refractivity contribution in [3.63, 3.8) is 0 Å². The van der Waals surface area contributed by atoms with E-state index >= 15 is 0 Å². The van der Waals surface area contributed by atoms with E-state index in [4.69, 9.17) is 14.6 Å². The summed E-state index contributed by atoms with van der Waals surface area (Å²) >= 11 is 0. The maximum Gasteiger partial charge on any atom is 0.209 e. The van der Waals surface area contributed by atoms with Crippen molar-refractivity contribution in [1.29, 1.82) is 0 Å². The maximum absolute atomic E-state index is 13.5. The predicted molar refractivity (Wildman–Crippen MR) is 72.4 cm³/mol. The van der Waals surface area contributed by atoms with Gasteiger partial charge in [0.25, 0.3) is 0 Å². The number of sulfonamides is 1. The number of hydrogen-bond acceptors (Lipinski definition) is 4. The van der Waals surface area contributed by atoms with E-state index in [1.54, 1.807) is 12.1 Å². The molecule has 1 aliphatic heterocycles. The highest BCUT2D eigenvalue weighted by Gasteiger charge is 2.37. The molecular formula is C13H18FNO4S. The van der Waals surface area contributed by atoms with Crippen molar-refractivity contribution in [3.05, 3.63) is 30.1 Å². The van der Waals surface area contributed by atoms with Crippen molar-refractivity contribution in [2.75, 3.05) is 25.6 Å². The lowest BCUT2D eigenvalue weighted by atomic mass is 9.83. The molecule has 0 radical (unpaired) electrons.